The van der Waals surface area contributed by atoms with Crippen molar-refractivity contribution in [1.29, 1.82) is 0 Å². The van der Waals surface area contributed by atoms with E-state index in [2.05, 4.69) is 5.32 Å². The van der Waals surface area contributed by atoms with Gasteiger partial charge in [-0.25, -0.2) is 4.39 Å². The smallest absolute Gasteiger partial charge is 0.311 e. The third-order valence-corrected chi connectivity index (χ3v) is 5.87. The van der Waals surface area contributed by atoms with E-state index in [4.69, 9.17) is 0 Å². The zero-order valence-electron chi connectivity index (χ0n) is 13.8. The lowest BCUT2D eigenvalue weighted by Crippen LogP contribution is -2.53. The Morgan fingerprint density at radius 1 is 1.08 bits per heavy atom. The lowest BCUT2D eigenvalue weighted by molar-refractivity contribution is -0.151. The van der Waals surface area contributed by atoms with E-state index in [0.29, 0.717) is 31.2 Å². The molecule has 2 saturated carbocycles. The van der Waals surface area contributed by atoms with Crippen LogP contribution in [0.5, 0.6) is 0 Å². The SMILES string of the molecule is O=C(O)C1(CNC(=O)C2(c3cccc(F)c3)CCC2)CCCCC1. The van der Waals surface area contributed by atoms with Gasteiger partial charge in [-0.1, -0.05) is 37.8 Å². The first-order chi connectivity index (χ1) is 11.5. The van der Waals surface area contributed by atoms with Crippen molar-refractivity contribution >= 4 is 11.9 Å². The van der Waals surface area contributed by atoms with Gasteiger partial charge in [0.1, 0.15) is 5.82 Å². The molecule has 2 fully saturated rings. The molecule has 0 heterocycles. The largest absolute Gasteiger partial charge is 0.481 e. The Morgan fingerprint density at radius 2 is 1.79 bits per heavy atom. The summed E-state index contributed by atoms with van der Waals surface area (Å²) in [5.41, 5.74) is -0.851. The van der Waals surface area contributed by atoms with Crippen molar-refractivity contribution < 1.29 is 19.1 Å². The highest BCUT2D eigenvalue weighted by Gasteiger charge is 2.47. The molecule has 0 saturated heterocycles. The fourth-order valence-corrected chi connectivity index (χ4v) is 4.08. The number of carbonyl (C=O) groups is 2. The van der Waals surface area contributed by atoms with Crippen LogP contribution in [0, 0.1) is 11.2 Å². The van der Waals surface area contributed by atoms with Crippen LogP contribution >= 0.6 is 0 Å². The first-order valence-electron chi connectivity index (χ1n) is 8.76. The first kappa shape index (κ1) is 16.9. The Morgan fingerprint density at radius 3 is 2.33 bits per heavy atom. The van der Waals surface area contributed by atoms with E-state index in [1.165, 1.54) is 12.1 Å². The Hall–Kier alpha value is -1.91. The number of aliphatic carboxylic acids is 1. The average Bonchev–Trinajstić information content (AvgIpc) is 2.53. The number of nitrogens with one attached hydrogen (secondary N) is 1. The second-order valence-corrected chi connectivity index (χ2v) is 7.27. The molecule has 4 nitrogen and oxygen atoms in total. The van der Waals surface area contributed by atoms with Gasteiger partial charge in [-0.3, -0.25) is 9.59 Å². The molecule has 0 atom stereocenters. The molecular weight excluding hydrogens is 309 g/mol. The van der Waals surface area contributed by atoms with Gasteiger partial charge in [-0.2, -0.15) is 0 Å². The van der Waals surface area contributed by atoms with Crippen LogP contribution in [0.15, 0.2) is 24.3 Å². The van der Waals surface area contributed by atoms with Gasteiger partial charge in [-0.05, 0) is 43.4 Å². The zero-order chi connectivity index (χ0) is 17.2. The molecule has 2 N–H and O–H groups in total. The fraction of sp³-hybridized carbons (Fsp3) is 0.579. The van der Waals surface area contributed by atoms with E-state index >= 15 is 0 Å². The highest BCUT2D eigenvalue weighted by atomic mass is 19.1. The van der Waals surface area contributed by atoms with Crippen LogP contribution in [0.2, 0.25) is 0 Å². The number of hydrogen-bond acceptors (Lipinski definition) is 2. The molecule has 3 rings (SSSR count). The van der Waals surface area contributed by atoms with Crippen molar-refractivity contribution in [3.8, 4) is 0 Å². The van der Waals surface area contributed by atoms with Gasteiger partial charge >= 0.3 is 5.97 Å². The molecule has 0 unspecified atom stereocenters. The highest BCUT2D eigenvalue weighted by molar-refractivity contribution is 5.89. The van der Waals surface area contributed by atoms with Crippen molar-refractivity contribution in [2.24, 2.45) is 5.41 Å². The third-order valence-electron chi connectivity index (χ3n) is 5.87. The van der Waals surface area contributed by atoms with Crippen molar-refractivity contribution in [3.05, 3.63) is 35.6 Å². The van der Waals surface area contributed by atoms with Crippen LogP contribution < -0.4 is 5.32 Å². The predicted molar refractivity (Wildman–Crippen MR) is 88.1 cm³/mol. The number of carboxylic acid groups (broad SMARTS) is 1. The van der Waals surface area contributed by atoms with Crippen molar-refractivity contribution in [3.63, 3.8) is 0 Å². The van der Waals surface area contributed by atoms with Gasteiger partial charge in [0.15, 0.2) is 0 Å². The molecule has 1 aromatic rings. The van der Waals surface area contributed by atoms with Crippen LogP contribution in [-0.4, -0.2) is 23.5 Å². The van der Waals surface area contributed by atoms with E-state index in [-0.39, 0.29) is 18.3 Å². The molecular formula is C19H24FNO3. The Labute approximate surface area is 141 Å². The topological polar surface area (TPSA) is 66.4 Å². The number of rotatable bonds is 5. The minimum atomic E-state index is -0.846. The summed E-state index contributed by atoms with van der Waals surface area (Å²) in [4.78, 5) is 24.6. The standard InChI is InChI=1S/C19H24FNO3/c20-15-7-4-6-14(12-15)19(10-5-11-19)16(22)21-13-18(17(23)24)8-2-1-3-9-18/h4,6-7,12H,1-3,5,8-11,13H2,(H,21,22)(H,23,24). The maximum atomic E-state index is 13.6. The van der Waals surface area contributed by atoms with E-state index in [0.717, 1.165) is 25.7 Å². The van der Waals surface area contributed by atoms with Crippen LogP contribution in [0.1, 0.15) is 56.9 Å². The molecule has 0 radical (unpaired) electrons. The summed E-state index contributed by atoms with van der Waals surface area (Å²) in [6.07, 6.45) is 6.33. The third kappa shape index (κ3) is 2.92. The van der Waals surface area contributed by atoms with Crippen molar-refractivity contribution in [2.45, 2.75) is 56.8 Å². The normalized spacial score (nSPS) is 21.5. The Balaban J connectivity index is 1.74. The number of halogens is 1. The van der Waals surface area contributed by atoms with E-state index in [1.807, 2.05) is 0 Å². The molecule has 2 aliphatic carbocycles. The number of hydrogen-bond donors (Lipinski definition) is 2. The lowest BCUT2D eigenvalue weighted by Gasteiger charge is -2.42. The maximum absolute atomic E-state index is 13.6. The first-order valence-corrected chi connectivity index (χ1v) is 8.76. The van der Waals surface area contributed by atoms with Gasteiger partial charge in [0, 0.05) is 6.54 Å². The zero-order valence-corrected chi connectivity index (χ0v) is 13.8. The lowest BCUT2D eigenvalue weighted by atomic mass is 9.63. The fourth-order valence-electron chi connectivity index (χ4n) is 4.08. The van der Waals surface area contributed by atoms with Gasteiger partial charge in [0.2, 0.25) is 5.91 Å². The van der Waals surface area contributed by atoms with Crippen molar-refractivity contribution in [2.75, 3.05) is 6.54 Å². The number of benzene rings is 1. The van der Waals surface area contributed by atoms with E-state index in [1.54, 1.807) is 12.1 Å². The van der Waals surface area contributed by atoms with Gasteiger partial charge in [-0.15, -0.1) is 0 Å². The molecule has 24 heavy (non-hydrogen) atoms. The maximum Gasteiger partial charge on any atom is 0.311 e. The summed E-state index contributed by atoms with van der Waals surface area (Å²) in [5.74, 6) is -1.33. The minimum Gasteiger partial charge on any atom is -0.481 e. The quantitative estimate of drug-likeness (QED) is 0.868. The molecule has 0 spiro atoms. The summed E-state index contributed by atoms with van der Waals surface area (Å²) in [6.45, 7) is 0.165. The Kier molecular flexibility index (Phi) is 4.61. The van der Waals surface area contributed by atoms with Crippen LogP contribution in [0.25, 0.3) is 0 Å². The number of carboxylic acids is 1. The number of amides is 1. The van der Waals surface area contributed by atoms with Gasteiger partial charge in [0.05, 0.1) is 10.8 Å². The minimum absolute atomic E-state index is 0.162. The average molecular weight is 333 g/mol. The van der Waals surface area contributed by atoms with E-state index in [9.17, 15) is 19.1 Å². The molecule has 0 bridgehead atoms. The molecule has 0 aliphatic heterocycles. The van der Waals surface area contributed by atoms with Crippen molar-refractivity contribution in [1.82, 2.24) is 5.32 Å². The summed E-state index contributed by atoms with van der Waals surface area (Å²) in [6, 6.07) is 6.20. The summed E-state index contributed by atoms with van der Waals surface area (Å²) < 4.78 is 13.6. The predicted octanol–water partition coefficient (Wildman–Crippen LogP) is 3.40. The monoisotopic (exact) mass is 333 g/mol. The number of carbonyl (C=O) groups excluding carboxylic acids is 1. The van der Waals surface area contributed by atoms with Crippen LogP contribution in [0.4, 0.5) is 4.39 Å². The molecule has 5 heteroatoms. The van der Waals surface area contributed by atoms with Gasteiger partial charge in [0.25, 0.3) is 0 Å². The summed E-state index contributed by atoms with van der Waals surface area (Å²) in [5, 5.41) is 12.5. The molecule has 130 valence electrons. The van der Waals surface area contributed by atoms with Crippen LogP contribution in [0.3, 0.4) is 0 Å². The van der Waals surface area contributed by atoms with Gasteiger partial charge < -0.3 is 10.4 Å². The summed E-state index contributed by atoms with van der Waals surface area (Å²) >= 11 is 0. The van der Waals surface area contributed by atoms with E-state index < -0.39 is 16.8 Å². The second-order valence-electron chi connectivity index (χ2n) is 7.27. The molecule has 1 amide bonds. The summed E-state index contributed by atoms with van der Waals surface area (Å²) in [7, 11) is 0. The Bertz CT molecular complexity index is 633. The molecule has 1 aromatic carbocycles. The second kappa shape index (κ2) is 6.54. The molecule has 0 aromatic heterocycles. The molecule has 2 aliphatic rings. The van der Waals surface area contributed by atoms with Crippen LogP contribution in [-0.2, 0) is 15.0 Å². The highest BCUT2D eigenvalue weighted by Crippen LogP contribution is 2.44.